The van der Waals surface area contributed by atoms with E-state index >= 15 is 0 Å². The van der Waals surface area contributed by atoms with Crippen molar-refractivity contribution >= 4 is 5.97 Å². The van der Waals surface area contributed by atoms with E-state index in [1.807, 2.05) is 0 Å². The Bertz CT molecular complexity index is 272. The van der Waals surface area contributed by atoms with Gasteiger partial charge < -0.3 is 19.3 Å². The number of hydrogen-bond acceptors (Lipinski definition) is 5. The van der Waals surface area contributed by atoms with Gasteiger partial charge in [-0.05, 0) is 13.3 Å². The molecule has 1 aliphatic carbocycles. The molecule has 1 aliphatic heterocycles. The van der Waals surface area contributed by atoms with Crippen LogP contribution in [0.15, 0.2) is 0 Å². The maximum atomic E-state index is 11.4. The Morgan fingerprint density at radius 3 is 2.82 bits per heavy atom. The Balaban J connectivity index is 1.92. The molecular formula is C12H20O5. The van der Waals surface area contributed by atoms with Crippen molar-refractivity contribution in [1.82, 2.24) is 0 Å². The zero-order valence-electron chi connectivity index (χ0n) is 10.2. The SMILES string of the molecule is CCOC(=O)CC1CC2(CCC1O)OCCO2. The highest BCUT2D eigenvalue weighted by atomic mass is 16.7. The summed E-state index contributed by atoms with van der Waals surface area (Å²) in [6, 6.07) is 0. The van der Waals surface area contributed by atoms with Crippen LogP contribution in [0.1, 0.15) is 32.6 Å². The predicted octanol–water partition coefficient (Wildman–Crippen LogP) is 0.844. The van der Waals surface area contributed by atoms with Gasteiger partial charge in [-0.25, -0.2) is 0 Å². The van der Waals surface area contributed by atoms with Crippen molar-refractivity contribution in [2.24, 2.45) is 5.92 Å². The third-order valence-electron chi connectivity index (χ3n) is 3.49. The Kier molecular flexibility index (Phi) is 4.01. The van der Waals surface area contributed by atoms with Crippen molar-refractivity contribution in [3.8, 4) is 0 Å². The van der Waals surface area contributed by atoms with Crippen molar-refractivity contribution in [3.63, 3.8) is 0 Å². The lowest BCUT2D eigenvalue weighted by atomic mass is 9.80. The van der Waals surface area contributed by atoms with E-state index in [1.165, 1.54) is 0 Å². The van der Waals surface area contributed by atoms with E-state index in [1.54, 1.807) is 6.92 Å². The van der Waals surface area contributed by atoms with E-state index in [0.29, 0.717) is 39.1 Å². The van der Waals surface area contributed by atoms with E-state index in [-0.39, 0.29) is 18.3 Å². The van der Waals surface area contributed by atoms with Crippen molar-refractivity contribution in [1.29, 1.82) is 0 Å². The van der Waals surface area contributed by atoms with Gasteiger partial charge in [-0.3, -0.25) is 4.79 Å². The fourth-order valence-corrected chi connectivity index (χ4v) is 2.64. The molecule has 2 fully saturated rings. The van der Waals surface area contributed by atoms with Crippen LogP contribution in [0, 0.1) is 5.92 Å². The van der Waals surface area contributed by atoms with E-state index in [0.717, 1.165) is 0 Å². The van der Waals surface area contributed by atoms with Crippen LogP contribution in [0.5, 0.6) is 0 Å². The monoisotopic (exact) mass is 244 g/mol. The number of rotatable bonds is 3. The van der Waals surface area contributed by atoms with Crippen LogP contribution in [-0.2, 0) is 19.0 Å². The minimum absolute atomic E-state index is 0.124. The zero-order chi connectivity index (χ0) is 12.3. The Labute approximate surface area is 101 Å². The number of carbonyl (C=O) groups is 1. The van der Waals surface area contributed by atoms with Crippen LogP contribution < -0.4 is 0 Å². The minimum Gasteiger partial charge on any atom is -0.466 e. The highest BCUT2D eigenvalue weighted by Crippen LogP contribution is 2.40. The molecule has 1 saturated carbocycles. The number of aliphatic hydroxyl groups excluding tert-OH is 1. The number of carbonyl (C=O) groups excluding carboxylic acids is 1. The van der Waals surface area contributed by atoms with E-state index < -0.39 is 11.9 Å². The van der Waals surface area contributed by atoms with Gasteiger partial charge in [-0.2, -0.15) is 0 Å². The van der Waals surface area contributed by atoms with Gasteiger partial charge in [0.05, 0.1) is 32.3 Å². The van der Waals surface area contributed by atoms with Crippen molar-refractivity contribution in [2.75, 3.05) is 19.8 Å². The number of hydrogen-bond donors (Lipinski definition) is 1. The Hall–Kier alpha value is -0.650. The third-order valence-corrected chi connectivity index (χ3v) is 3.49. The van der Waals surface area contributed by atoms with Gasteiger partial charge in [0, 0.05) is 18.8 Å². The standard InChI is InChI=1S/C12H20O5/c1-2-15-11(14)7-9-8-12(4-3-10(9)13)16-5-6-17-12/h9-10,13H,2-8H2,1H3. The van der Waals surface area contributed by atoms with E-state index in [4.69, 9.17) is 14.2 Å². The molecule has 5 nitrogen and oxygen atoms in total. The molecule has 5 heteroatoms. The van der Waals surface area contributed by atoms with E-state index in [2.05, 4.69) is 0 Å². The third kappa shape index (κ3) is 2.97. The second-order valence-corrected chi connectivity index (χ2v) is 4.69. The molecule has 2 rings (SSSR count). The van der Waals surface area contributed by atoms with Gasteiger partial charge in [0.15, 0.2) is 5.79 Å². The molecule has 17 heavy (non-hydrogen) atoms. The average molecular weight is 244 g/mol. The lowest BCUT2D eigenvalue weighted by Gasteiger charge is -2.38. The summed E-state index contributed by atoms with van der Waals surface area (Å²) < 4.78 is 16.1. The summed E-state index contributed by atoms with van der Waals surface area (Å²) in [6.45, 7) is 3.35. The molecule has 0 aromatic heterocycles. The fraction of sp³-hybridized carbons (Fsp3) is 0.917. The fourth-order valence-electron chi connectivity index (χ4n) is 2.64. The first-order valence-electron chi connectivity index (χ1n) is 6.27. The number of aliphatic hydroxyl groups is 1. The summed E-state index contributed by atoms with van der Waals surface area (Å²) in [7, 11) is 0. The smallest absolute Gasteiger partial charge is 0.306 e. The summed E-state index contributed by atoms with van der Waals surface area (Å²) in [5, 5.41) is 9.91. The average Bonchev–Trinajstić information content (AvgIpc) is 2.73. The summed E-state index contributed by atoms with van der Waals surface area (Å²) >= 11 is 0. The molecule has 2 unspecified atom stereocenters. The largest absolute Gasteiger partial charge is 0.466 e. The van der Waals surface area contributed by atoms with Gasteiger partial charge in [-0.15, -0.1) is 0 Å². The van der Waals surface area contributed by atoms with Crippen LogP contribution >= 0.6 is 0 Å². The first-order valence-corrected chi connectivity index (χ1v) is 6.27. The molecule has 2 aliphatic rings. The van der Waals surface area contributed by atoms with Gasteiger partial charge in [0.1, 0.15) is 0 Å². The van der Waals surface area contributed by atoms with Crippen LogP contribution in [0.25, 0.3) is 0 Å². The highest BCUT2D eigenvalue weighted by molar-refractivity contribution is 5.69. The van der Waals surface area contributed by atoms with Crippen molar-refractivity contribution in [3.05, 3.63) is 0 Å². The maximum Gasteiger partial charge on any atom is 0.306 e. The lowest BCUT2D eigenvalue weighted by molar-refractivity contribution is -0.204. The van der Waals surface area contributed by atoms with E-state index in [9.17, 15) is 9.90 Å². The van der Waals surface area contributed by atoms with Gasteiger partial charge in [-0.1, -0.05) is 0 Å². The molecule has 0 bridgehead atoms. The minimum atomic E-state index is -0.559. The predicted molar refractivity (Wildman–Crippen MR) is 59.2 cm³/mol. The van der Waals surface area contributed by atoms with Crippen LogP contribution in [0.2, 0.25) is 0 Å². The van der Waals surface area contributed by atoms with Crippen LogP contribution in [0.3, 0.4) is 0 Å². The van der Waals surface area contributed by atoms with Gasteiger partial charge >= 0.3 is 5.97 Å². The van der Waals surface area contributed by atoms with Crippen molar-refractivity contribution in [2.45, 2.75) is 44.5 Å². The molecular weight excluding hydrogens is 224 g/mol. The topological polar surface area (TPSA) is 65.0 Å². The summed E-state index contributed by atoms with van der Waals surface area (Å²) in [4.78, 5) is 11.4. The molecule has 1 spiro atoms. The normalized spacial score (nSPS) is 31.6. The van der Waals surface area contributed by atoms with Crippen LogP contribution in [-0.4, -0.2) is 42.8 Å². The molecule has 0 amide bonds. The van der Waals surface area contributed by atoms with Crippen molar-refractivity contribution < 1.29 is 24.1 Å². The second-order valence-electron chi connectivity index (χ2n) is 4.69. The number of ether oxygens (including phenoxy) is 3. The highest BCUT2D eigenvalue weighted by Gasteiger charge is 2.45. The summed E-state index contributed by atoms with van der Waals surface area (Å²) in [5.74, 6) is -0.941. The molecule has 98 valence electrons. The van der Waals surface area contributed by atoms with Gasteiger partial charge in [0.2, 0.25) is 0 Å². The van der Waals surface area contributed by atoms with Crippen LogP contribution in [0.4, 0.5) is 0 Å². The Morgan fingerprint density at radius 2 is 2.18 bits per heavy atom. The molecule has 0 aromatic carbocycles. The quantitative estimate of drug-likeness (QED) is 0.745. The molecule has 1 saturated heterocycles. The molecule has 2 atom stereocenters. The maximum absolute atomic E-state index is 11.4. The first-order chi connectivity index (χ1) is 8.15. The second kappa shape index (κ2) is 5.33. The first kappa shape index (κ1) is 12.8. The Morgan fingerprint density at radius 1 is 1.47 bits per heavy atom. The number of esters is 1. The molecule has 0 aromatic rings. The van der Waals surface area contributed by atoms with Gasteiger partial charge in [0.25, 0.3) is 0 Å². The zero-order valence-corrected chi connectivity index (χ0v) is 10.2. The molecule has 0 radical (unpaired) electrons. The summed E-state index contributed by atoms with van der Waals surface area (Å²) in [6.07, 6.45) is 1.67. The summed E-state index contributed by atoms with van der Waals surface area (Å²) in [5.41, 5.74) is 0. The molecule has 1 heterocycles. The molecule has 1 N–H and O–H groups in total. The lowest BCUT2D eigenvalue weighted by Crippen LogP contribution is -2.43.